The summed E-state index contributed by atoms with van der Waals surface area (Å²) in [6.45, 7) is 9.23. The second-order valence-electron chi connectivity index (χ2n) is 14.0. The molecule has 0 aliphatic carbocycles. The summed E-state index contributed by atoms with van der Waals surface area (Å²) < 4.78 is 10.8. The summed E-state index contributed by atoms with van der Waals surface area (Å²) in [4.78, 5) is 36.5. The van der Waals surface area contributed by atoms with Crippen LogP contribution in [0.2, 0.25) is 5.15 Å². The maximum Gasteiger partial charge on any atom is 0.488 e. The van der Waals surface area contributed by atoms with Gasteiger partial charge in [-0.15, -0.1) is 0 Å². The van der Waals surface area contributed by atoms with E-state index >= 15 is 0 Å². The Kier molecular flexibility index (Phi) is 15.8. The summed E-state index contributed by atoms with van der Waals surface area (Å²) >= 11 is 6.15. The largest absolute Gasteiger partial charge is 0.488 e. The van der Waals surface area contributed by atoms with Gasteiger partial charge in [0.15, 0.2) is 11.6 Å². The predicted octanol–water partition coefficient (Wildman–Crippen LogP) is 7.42. The van der Waals surface area contributed by atoms with Crippen LogP contribution in [-0.2, 0) is 9.47 Å². The number of hydrogen-bond donors (Lipinski definition) is 4. The number of aromatic nitrogens is 2. The Labute approximate surface area is 355 Å². The minimum absolute atomic E-state index is 0.0538. The van der Waals surface area contributed by atoms with Crippen LogP contribution in [0.4, 0.5) is 34.4 Å². The normalized spacial score (nSPS) is 13.5. The summed E-state index contributed by atoms with van der Waals surface area (Å²) in [7, 11) is -1.34. The number of ether oxygens (including phenoxy) is 2. The number of pyridine rings is 2. The highest BCUT2D eigenvalue weighted by atomic mass is 35.5. The van der Waals surface area contributed by atoms with Gasteiger partial charge in [-0.1, -0.05) is 72.3 Å². The molecule has 2 aliphatic rings. The minimum atomic E-state index is -1.34. The van der Waals surface area contributed by atoms with Crippen LogP contribution in [0.3, 0.4) is 0 Å². The lowest BCUT2D eigenvalue weighted by atomic mass is 9.81. The van der Waals surface area contributed by atoms with Crippen LogP contribution in [-0.4, -0.2) is 91.3 Å². The molecule has 14 heteroatoms. The first-order valence-electron chi connectivity index (χ1n) is 19.7. The van der Waals surface area contributed by atoms with E-state index in [0.29, 0.717) is 48.2 Å². The molecule has 2 saturated heterocycles. The topological polar surface area (TPSA) is 149 Å². The third-order valence-electron chi connectivity index (χ3n) is 9.59. The van der Waals surface area contributed by atoms with Crippen molar-refractivity contribution in [3.8, 4) is 11.3 Å². The van der Waals surface area contributed by atoms with E-state index in [2.05, 4.69) is 49.7 Å². The van der Waals surface area contributed by atoms with E-state index in [1.165, 1.54) is 0 Å². The van der Waals surface area contributed by atoms with Gasteiger partial charge in [-0.25, -0.2) is 9.97 Å². The molecule has 0 atom stereocenters. The van der Waals surface area contributed by atoms with Gasteiger partial charge in [0, 0.05) is 77.8 Å². The fraction of sp³-hybridized carbons (Fsp3) is 0.217. The number of Topliss-reactive ketones (excluding diaryl/α,β-unsaturated/α-hetero) is 2. The number of morpholine rings is 2. The molecule has 0 spiro atoms. The molecule has 6 aromatic rings. The summed E-state index contributed by atoms with van der Waals surface area (Å²) in [5.74, 6) is 1.89. The van der Waals surface area contributed by atoms with Gasteiger partial charge in [0.2, 0.25) is 0 Å². The maximum absolute atomic E-state index is 11.5. The van der Waals surface area contributed by atoms with Gasteiger partial charge >= 0.3 is 7.12 Å². The Hall–Kier alpha value is -6.09. The molecule has 0 amide bonds. The van der Waals surface area contributed by atoms with E-state index in [-0.39, 0.29) is 11.6 Å². The van der Waals surface area contributed by atoms with Crippen LogP contribution in [0.1, 0.15) is 34.6 Å². The van der Waals surface area contributed by atoms with Crippen molar-refractivity contribution in [1.29, 1.82) is 0 Å². The SMILES string of the molecule is CC(=O)c1ccc(Nc2cc(-c3ccccc3)nc(N3CCOCC3)c2)cc1.CC(=O)c1ccc(Nc2cc(Cl)nc(N3CCOCC3)c2)cc1.OB(O)c1ccccc1. The molecular weight excluding hydrogens is 779 g/mol. The Morgan fingerprint density at radius 2 is 1.02 bits per heavy atom. The molecule has 0 radical (unpaired) electrons. The number of halogens is 1. The van der Waals surface area contributed by atoms with Gasteiger partial charge in [-0.3, -0.25) is 9.59 Å². The van der Waals surface area contributed by atoms with Gasteiger partial charge in [0.05, 0.1) is 32.1 Å². The molecule has 2 aliphatic heterocycles. The van der Waals surface area contributed by atoms with Gasteiger partial charge in [-0.05, 0) is 80.0 Å². The number of rotatable bonds is 10. The van der Waals surface area contributed by atoms with Crippen molar-refractivity contribution in [2.45, 2.75) is 13.8 Å². The summed E-state index contributed by atoms with van der Waals surface area (Å²) in [5, 5.41) is 24.3. The van der Waals surface area contributed by atoms with Crippen LogP contribution in [0, 0.1) is 0 Å². The van der Waals surface area contributed by atoms with Crippen molar-refractivity contribution in [3.05, 3.63) is 150 Å². The van der Waals surface area contributed by atoms with Crippen molar-refractivity contribution < 1.29 is 29.1 Å². The fourth-order valence-electron chi connectivity index (χ4n) is 6.34. The number of benzene rings is 4. The van der Waals surface area contributed by atoms with E-state index in [1.54, 1.807) is 56.3 Å². The van der Waals surface area contributed by atoms with Gasteiger partial charge in [0.1, 0.15) is 16.8 Å². The van der Waals surface area contributed by atoms with E-state index in [4.69, 9.17) is 36.1 Å². The fourth-order valence-corrected chi connectivity index (χ4v) is 6.55. The lowest BCUT2D eigenvalue weighted by Gasteiger charge is -2.28. The molecule has 4 N–H and O–H groups in total. The van der Waals surface area contributed by atoms with Crippen molar-refractivity contribution in [3.63, 3.8) is 0 Å². The molecule has 4 heterocycles. The minimum Gasteiger partial charge on any atom is -0.423 e. The second kappa shape index (κ2) is 21.8. The highest BCUT2D eigenvalue weighted by Gasteiger charge is 2.16. The average molecular weight is 827 g/mol. The zero-order chi connectivity index (χ0) is 42.3. The maximum atomic E-state index is 11.5. The van der Waals surface area contributed by atoms with Crippen molar-refractivity contribution in [1.82, 2.24) is 9.97 Å². The summed E-state index contributed by atoms with van der Waals surface area (Å²) in [5.41, 5.74) is 7.58. The Morgan fingerprint density at radius 1 is 0.583 bits per heavy atom. The third-order valence-corrected chi connectivity index (χ3v) is 9.78. The number of nitrogens with zero attached hydrogens (tertiary/aromatic N) is 4. The van der Waals surface area contributed by atoms with E-state index in [9.17, 15) is 9.59 Å². The number of anilines is 6. The molecule has 2 aromatic heterocycles. The highest BCUT2D eigenvalue weighted by Crippen LogP contribution is 2.29. The summed E-state index contributed by atoms with van der Waals surface area (Å²) in [6, 6.07) is 41.6. The number of nitrogens with one attached hydrogen (secondary N) is 2. The molecule has 4 aromatic carbocycles. The highest BCUT2D eigenvalue weighted by molar-refractivity contribution is 6.58. The Bertz CT molecular complexity index is 2290. The Morgan fingerprint density at radius 3 is 1.45 bits per heavy atom. The smallest absolute Gasteiger partial charge is 0.423 e. The molecule has 308 valence electrons. The van der Waals surface area contributed by atoms with Gasteiger partial charge < -0.3 is 40.0 Å². The quantitative estimate of drug-likeness (QED) is 0.0619. The van der Waals surface area contributed by atoms with E-state index < -0.39 is 7.12 Å². The van der Waals surface area contributed by atoms with Crippen molar-refractivity contribution in [2.24, 2.45) is 0 Å². The molecule has 8 rings (SSSR count). The molecule has 0 saturated carbocycles. The van der Waals surface area contributed by atoms with Crippen LogP contribution < -0.4 is 25.9 Å². The standard InChI is InChI=1S/C23H23N3O2.C17H18ClN3O2.C6H7BO2/c1-17(27)18-7-9-20(10-8-18)24-21-15-22(19-5-3-2-4-6-19)25-23(16-21)26-11-13-28-14-12-26;1-12(22)13-2-4-14(5-3-13)19-15-10-16(18)20-17(11-15)21-6-8-23-9-7-21;8-7(9)6-4-2-1-3-5-6/h2-10,15-16H,11-14H2,1H3,(H,24,25);2-5,10-11H,6-9H2,1H3,(H,19,20);1-5,8-9H. The first-order chi connectivity index (χ1) is 29.1. The number of carbonyl (C=O) groups is 2. The van der Waals surface area contributed by atoms with Crippen LogP contribution in [0.15, 0.2) is 133 Å². The molecule has 0 unspecified atom stereocenters. The number of ketones is 2. The zero-order valence-corrected chi connectivity index (χ0v) is 34.4. The molecule has 60 heavy (non-hydrogen) atoms. The number of hydrogen-bond acceptors (Lipinski definition) is 12. The van der Waals surface area contributed by atoms with Crippen LogP contribution in [0.25, 0.3) is 11.3 Å². The molecular formula is C46H48BClN6O6. The third kappa shape index (κ3) is 13.0. The summed E-state index contributed by atoms with van der Waals surface area (Å²) in [6.07, 6.45) is 0. The van der Waals surface area contributed by atoms with Gasteiger partial charge in [0.25, 0.3) is 0 Å². The monoisotopic (exact) mass is 826 g/mol. The number of carbonyl (C=O) groups excluding carboxylic acids is 2. The average Bonchev–Trinajstić information content (AvgIpc) is 3.28. The lowest BCUT2D eigenvalue weighted by molar-refractivity contribution is 0.100. The first kappa shape index (κ1) is 43.5. The lowest BCUT2D eigenvalue weighted by Crippen LogP contribution is -2.36. The van der Waals surface area contributed by atoms with E-state index in [0.717, 1.165) is 71.8 Å². The first-order valence-corrected chi connectivity index (χ1v) is 20.1. The predicted molar refractivity (Wildman–Crippen MR) is 241 cm³/mol. The van der Waals surface area contributed by atoms with Crippen LogP contribution in [0.5, 0.6) is 0 Å². The zero-order valence-electron chi connectivity index (χ0n) is 33.6. The van der Waals surface area contributed by atoms with Gasteiger partial charge in [-0.2, -0.15) is 0 Å². The van der Waals surface area contributed by atoms with Crippen molar-refractivity contribution in [2.75, 3.05) is 73.0 Å². The Balaban J connectivity index is 0.000000169. The molecule has 2 fully saturated rings. The second-order valence-corrected chi connectivity index (χ2v) is 14.4. The van der Waals surface area contributed by atoms with Crippen LogP contribution >= 0.6 is 11.6 Å². The molecule has 0 bridgehead atoms. The van der Waals surface area contributed by atoms with E-state index in [1.807, 2.05) is 66.7 Å². The van der Waals surface area contributed by atoms with Crippen molar-refractivity contribution >= 4 is 70.1 Å². The molecule has 12 nitrogen and oxygen atoms in total.